The zero-order chi connectivity index (χ0) is 25.1. The molecule has 0 N–H and O–H groups in total. The Balaban J connectivity index is 1.58. The van der Waals surface area contributed by atoms with Gasteiger partial charge in [-0.05, 0) is 60.9 Å². The van der Waals surface area contributed by atoms with E-state index in [1.165, 1.54) is 33.5 Å². The molecular formula is C32H37N3O. The van der Waals surface area contributed by atoms with Crippen molar-refractivity contribution in [2.45, 2.75) is 70.7 Å². The van der Waals surface area contributed by atoms with E-state index < -0.39 is 5.66 Å². The van der Waals surface area contributed by atoms with E-state index in [0.717, 1.165) is 39.0 Å². The molecule has 0 bridgehead atoms. The van der Waals surface area contributed by atoms with Gasteiger partial charge < -0.3 is 4.90 Å². The van der Waals surface area contributed by atoms with Gasteiger partial charge in [0.25, 0.3) is 5.91 Å². The van der Waals surface area contributed by atoms with Crippen molar-refractivity contribution in [1.29, 1.82) is 0 Å². The minimum Gasteiger partial charge on any atom is -0.303 e. The Morgan fingerprint density at radius 3 is 1.92 bits per heavy atom. The number of anilines is 1. The van der Waals surface area contributed by atoms with Gasteiger partial charge in [0.2, 0.25) is 0 Å². The topological polar surface area (TPSA) is 26.8 Å². The van der Waals surface area contributed by atoms with Gasteiger partial charge in [-0.15, -0.1) is 0 Å². The van der Waals surface area contributed by atoms with Crippen molar-refractivity contribution >= 4 is 11.6 Å². The first-order valence-corrected chi connectivity index (χ1v) is 13.5. The summed E-state index contributed by atoms with van der Waals surface area (Å²) in [6, 6.07) is 26.0. The zero-order valence-electron chi connectivity index (χ0n) is 22.0. The summed E-state index contributed by atoms with van der Waals surface area (Å²) in [6.45, 7) is 12.3. The van der Waals surface area contributed by atoms with Gasteiger partial charge >= 0.3 is 0 Å². The van der Waals surface area contributed by atoms with Gasteiger partial charge in [-0.25, -0.2) is 0 Å². The average molecular weight is 480 g/mol. The Morgan fingerprint density at radius 2 is 1.39 bits per heavy atom. The number of nitrogens with zero attached hydrogens (tertiary/aromatic N) is 3. The lowest BCUT2D eigenvalue weighted by Crippen LogP contribution is -2.60. The Bertz CT molecular complexity index is 1230. The quantitative estimate of drug-likeness (QED) is 0.446. The molecule has 0 saturated carbocycles. The Labute approximate surface area is 215 Å². The molecule has 3 aliphatic rings. The summed E-state index contributed by atoms with van der Waals surface area (Å²) in [5.41, 5.74) is 6.54. The molecule has 6 rings (SSSR count). The fourth-order valence-electron chi connectivity index (χ4n) is 7.09. The summed E-state index contributed by atoms with van der Waals surface area (Å²) in [7, 11) is 0. The van der Waals surface area contributed by atoms with Crippen molar-refractivity contribution in [2.75, 3.05) is 18.0 Å². The second kappa shape index (κ2) is 8.57. The molecule has 0 unspecified atom stereocenters. The summed E-state index contributed by atoms with van der Waals surface area (Å²) in [5.74, 6) is 0.652. The standard InChI is InChI=1S/C32H37N3O/c1-5-24-18-27-23(2)20-31(3,4)35-29(27)28(19-24)32(30(35)36)33(21-25-12-8-6-9-13-25)16-17-34(32)22-26-14-10-7-11-15-26/h6-15,18-19,23H,5,16-17,20-22H2,1-4H3/t23-/m0/s1. The molecule has 1 saturated heterocycles. The predicted octanol–water partition coefficient (Wildman–Crippen LogP) is 6.05. The lowest BCUT2D eigenvalue weighted by atomic mass is 9.79. The number of carbonyl (C=O) groups is 1. The zero-order valence-corrected chi connectivity index (χ0v) is 22.0. The number of hydrogen-bond donors (Lipinski definition) is 0. The molecular weight excluding hydrogens is 442 g/mol. The lowest BCUT2D eigenvalue weighted by molar-refractivity contribution is -0.140. The van der Waals surface area contributed by atoms with Gasteiger partial charge in [-0.1, -0.05) is 80.6 Å². The van der Waals surface area contributed by atoms with Gasteiger partial charge in [-0.3, -0.25) is 14.6 Å². The van der Waals surface area contributed by atoms with Crippen LogP contribution in [0, 0.1) is 0 Å². The maximum atomic E-state index is 15.0. The minimum absolute atomic E-state index is 0.227. The number of hydrogen-bond acceptors (Lipinski definition) is 3. The molecule has 1 atom stereocenters. The number of fused-ring (bicyclic) bond motifs is 1. The smallest absolute Gasteiger partial charge is 0.268 e. The van der Waals surface area contributed by atoms with Gasteiger partial charge in [0, 0.05) is 37.3 Å². The molecule has 0 aromatic heterocycles. The molecule has 3 aliphatic heterocycles. The Morgan fingerprint density at radius 1 is 0.833 bits per heavy atom. The van der Waals surface area contributed by atoms with Crippen LogP contribution in [-0.2, 0) is 30.0 Å². The van der Waals surface area contributed by atoms with Gasteiger partial charge in [0.15, 0.2) is 5.66 Å². The molecule has 36 heavy (non-hydrogen) atoms. The summed E-state index contributed by atoms with van der Waals surface area (Å²) >= 11 is 0. The van der Waals surface area contributed by atoms with Crippen molar-refractivity contribution in [3.63, 3.8) is 0 Å². The molecule has 0 radical (unpaired) electrons. The molecule has 1 amide bonds. The molecule has 3 aromatic rings. The van der Waals surface area contributed by atoms with Crippen LogP contribution in [-0.4, -0.2) is 34.3 Å². The van der Waals surface area contributed by atoms with Crippen LogP contribution in [0.25, 0.3) is 0 Å². The van der Waals surface area contributed by atoms with E-state index in [-0.39, 0.29) is 11.4 Å². The maximum Gasteiger partial charge on any atom is 0.268 e. The van der Waals surface area contributed by atoms with Crippen LogP contribution in [0.2, 0.25) is 0 Å². The Hall–Kier alpha value is -2.95. The van der Waals surface area contributed by atoms with Crippen molar-refractivity contribution in [3.05, 3.63) is 101 Å². The highest BCUT2D eigenvalue weighted by molar-refractivity contribution is 6.10. The van der Waals surface area contributed by atoms with E-state index in [0.29, 0.717) is 5.92 Å². The number of rotatable bonds is 5. The molecule has 3 aromatic carbocycles. The second-order valence-electron chi connectivity index (χ2n) is 11.5. The largest absolute Gasteiger partial charge is 0.303 e. The molecule has 1 fully saturated rings. The van der Waals surface area contributed by atoms with E-state index >= 15 is 0 Å². The molecule has 1 spiro atoms. The highest BCUT2D eigenvalue weighted by atomic mass is 16.2. The van der Waals surface area contributed by atoms with E-state index in [1.807, 2.05) is 0 Å². The van der Waals surface area contributed by atoms with Crippen LogP contribution in [0.4, 0.5) is 5.69 Å². The van der Waals surface area contributed by atoms with Crippen LogP contribution >= 0.6 is 0 Å². The van der Waals surface area contributed by atoms with E-state index in [4.69, 9.17) is 0 Å². The lowest BCUT2D eigenvalue weighted by Gasteiger charge is -2.45. The normalized spacial score (nSPS) is 22.4. The van der Waals surface area contributed by atoms with Crippen molar-refractivity contribution in [1.82, 2.24) is 9.80 Å². The van der Waals surface area contributed by atoms with Crippen LogP contribution in [0.1, 0.15) is 67.9 Å². The van der Waals surface area contributed by atoms with E-state index in [2.05, 4.69) is 115 Å². The number of benzene rings is 3. The van der Waals surface area contributed by atoms with Crippen LogP contribution in [0.3, 0.4) is 0 Å². The predicted molar refractivity (Wildman–Crippen MR) is 146 cm³/mol. The van der Waals surface area contributed by atoms with Crippen molar-refractivity contribution in [2.24, 2.45) is 0 Å². The SMILES string of the molecule is CCc1cc2c3c(c1)C1(C(=O)N3C(C)(C)C[C@@H]2C)N(Cc2ccccc2)CCN1Cc1ccccc1. The van der Waals surface area contributed by atoms with Crippen LogP contribution in [0.15, 0.2) is 72.8 Å². The number of carbonyl (C=O) groups excluding carboxylic acids is 1. The fraction of sp³-hybridized carbons (Fsp3) is 0.406. The Kier molecular flexibility index (Phi) is 5.58. The highest BCUT2D eigenvalue weighted by Crippen LogP contribution is 2.57. The van der Waals surface area contributed by atoms with E-state index in [1.54, 1.807) is 0 Å². The monoisotopic (exact) mass is 479 g/mol. The molecule has 4 heteroatoms. The third-order valence-corrected chi connectivity index (χ3v) is 8.64. The summed E-state index contributed by atoms with van der Waals surface area (Å²) in [6.07, 6.45) is 1.95. The first-order valence-electron chi connectivity index (χ1n) is 13.5. The van der Waals surface area contributed by atoms with E-state index in [9.17, 15) is 4.79 Å². The average Bonchev–Trinajstić information content (AvgIpc) is 3.35. The minimum atomic E-state index is -0.789. The fourth-order valence-corrected chi connectivity index (χ4v) is 7.09. The maximum absolute atomic E-state index is 15.0. The third kappa shape index (κ3) is 3.38. The number of aryl methyl sites for hydroxylation is 1. The molecule has 0 aliphatic carbocycles. The van der Waals surface area contributed by atoms with Crippen molar-refractivity contribution in [3.8, 4) is 0 Å². The van der Waals surface area contributed by atoms with Crippen LogP contribution < -0.4 is 4.90 Å². The van der Waals surface area contributed by atoms with Gasteiger partial charge in [0.1, 0.15) is 0 Å². The van der Waals surface area contributed by atoms with Gasteiger partial charge in [0.05, 0.1) is 5.69 Å². The summed E-state index contributed by atoms with van der Waals surface area (Å²) in [5, 5.41) is 0. The number of amides is 1. The summed E-state index contributed by atoms with van der Waals surface area (Å²) < 4.78 is 0. The highest BCUT2D eigenvalue weighted by Gasteiger charge is 2.64. The molecule has 3 heterocycles. The summed E-state index contributed by atoms with van der Waals surface area (Å²) in [4.78, 5) is 22.1. The molecule has 4 nitrogen and oxygen atoms in total. The second-order valence-corrected chi connectivity index (χ2v) is 11.5. The first kappa shape index (κ1) is 23.4. The van der Waals surface area contributed by atoms with Crippen molar-refractivity contribution < 1.29 is 4.79 Å². The first-order chi connectivity index (χ1) is 17.4. The van der Waals surface area contributed by atoms with Gasteiger partial charge in [-0.2, -0.15) is 0 Å². The van der Waals surface area contributed by atoms with Crippen LogP contribution in [0.5, 0.6) is 0 Å². The third-order valence-electron chi connectivity index (χ3n) is 8.64. The molecule has 186 valence electrons.